The van der Waals surface area contributed by atoms with Crippen LogP contribution in [0.2, 0.25) is 0 Å². The minimum absolute atomic E-state index is 0.490. The number of ether oxygens (including phenoxy) is 2. The van der Waals surface area contributed by atoms with Crippen molar-refractivity contribution in [3.05, 3.63) is 22.2 Å². The van der Waals surface area contributed by atoms with E-state index in [9.17, 15) is 4.79 Å². The predicted molar refractivity (Wildman–Crippen MR) is 61.2 cm³/mol. The second-order valence-corrected chi connectivity index (χ2v) is 4.44. The lowest BCUT2D eigenvalue weighted by Gasteiger charge is -2.21. The number of fused-ring (bicyclic) bond motifs is 1. The summed E-state index contributed by atoms with van der Waals surface area (Å²) in [6.45, 7) is 2.64. The topological polar surface area (TPSA) is 55.8 Å². The Morgan fingerprint density at radius 2 is 2.12 bits per heavy atom. The lowest BCUT2D eigenvalue weighted by atomic mass is 10.0. The number of halogens is 1. The van der Waals surface area contributed by atoms with Crippen molar-refractivity contribution in [1.29, 1.82) is 0 Å². The number of rotatable bonds is 2. The Labute approximate surface area is 101 Å². The van der Waals surface area contributed by atoms with E-state index < -0.39 is 11.9 Å². The molecule has 5 heteroatoms. The minimum Gasteiger partial charge on any atom is -0.486 e. The van der Waals surface area contributed by atoms with Gasteiger partial charge < -0.3 is 14.6 Å². The second-order valence-electron chi connectivity index (χ2n) is 3.59. The fraction of sp³-hybridized carbons (Fsp3) is 0.364. The van der Waals surface area contributed by atoms with Gasteiger partial charge in [-0.05, 0) is 40.5 Å². The Morgan fingerprint density at radius 1 is 1.44 bits per heavy atom. The standard InChI is InChI=1S/C11H11BrO4/c1-6(11(13)14)7-4-8(12)10-9(5-7)15-2-3-16-10/h4-6H,2-3H2,1H3,(H,13,14). The summed E-state index contributed by atoms with van der Waals surface area (Å²) in [7, 11) is 0. The summed E-state index contributed by atoms with van der Waals surface area (Å²) in [6, 6.07) is 3.48. The molecule has 1 atom stereocenters. The molecule has 86 valence electrons. The number of aliphatic carboxylic acids is 1. The van der Waals surface area contributed by atoms with E-state index in [0.29, 0.717) is 30.3 Å². The number of carboxylic acids is 1. The Hall–Kier alpha value is -1.23. The SMILES string of the molecule is CC(C(=O)O)c1cc(Br)c2c(c1)OCCO2. The number of hydrogen-bond donors (Lipinski definition) is 1. The highest BCUT2D eigenvalue weighted by molar-refractivity contribution is 9.10. The van der Waals surface area contributed by atoms with Crippen LogP contribution in [-0.2, 0) is 4.79 Å². The van der Waals surface area contributed by atoms with E-state index in [0.717, 1.165) is 4.47 Å². The van der Waals surface area contributed by atoms with E-state index in [1.807, 2.05) is 0 Å². The van der Waals surface area contributed by atoms with Gasteiger partial charge >= 0.3 is 5.97 Å². The fourth-order valence-electron chi connectivity index (χ4n) is 1.52. The fourth-order valence-corrected chi connectivity index (χ4v) is 2.10. The summed E-state index contributed by atoms with van der Waals surface area (Å²) in [6.07, 6.45) is 0. The molecule has 0 aliphatic carbocycles. The van der Waals surface area contributed by atoms with Gasteiger partial charge in [0.2, 0.25) is 0 Å². The highest BCUT2D eigenvalue weighted by atomic mass is 79.9. The third-order valence-electron chi connectivity index (χ3n) is 2.49. The molecule has 1 aromatic rings. The predicted octanol–water partition coefficient (Wildman–Crippen LogP) is 2.41. The maximum atomic E-state index is 10.9. The molecule has 1 aliphatic heterocycles. The monoisotopic (exact) mass is 286 g/mol. The Balaban J connectivity index is 2.42. The molecular formula is C11H11BrO4. The zero-order valence-electron chi connectivity index (χ0n) is 8.70. The van der Waals surface area contributed by atoms with Crippen LogP contribution in [-0.4, -0.2) is 24.3 Å². The van der Waals surface area contributed by atoms with Crippen molar-refractivity contribution >= 4 is 21.9 Å². The van der Waals surface area contributed by atoms with Crippen molar-refractivity contribution in [3.8, 4) is 11.5 Å². The molecule has 0 spiro atoms. The first-order valence-electron chi connectivity index (χ1n) is 4.91. The van der Waals surface area contributed by atoms with Crippen LogP contribution in [0.15, 0.2) is 16.6 Å². The molecule has 4 nitrogen and oxygen atoms in total. The molecule has 0 aromatic heterocycles. The number of benzene rings is 1. The summed E-state index contributed by atoms with van der Waals surface area (Å²) in [5.41, 5.74) is 0.698. The van der Waals surface area contributed by atoms with Gasteiger partial charge in [-0.1, -0.05) is 0 Å². The van der Waals surface area contributed by atoms with Crippen molar-refractivity contribution < 1.29 is 19.4 Å². The van der Waals surface area contributed by atoms with Crippen LogP contribution in [0.3, 0.4) is 0 Å². The minimum atomic E-state index is -0.858. The Kier molecular flexibility index (Phi) is 3.05. The van der Waals surface area contributed by atoms with E-state index in [1.54, 1.807) is 19.1 Å². The molecule has 0 amide bonds. The first-order chi connectivity index (χ1) is 7.59. The summed E-state index contributed by atoms with van der Waals surface area (Å²) >= 11 is 3.35. The van der Waals surface area contributed by atoms with Gasteiger partial charge in [-0.2, -0.15) is 0 Å². The average Bonchev–Trinajstić information content (AvgIpc) is 2.28. The van der Waals surface area contributed by atoms with E-state index in [-0.39, 0.29) is 0 Å². The third-order valence-corrected chi connectivity index (χ3v) is 3.08. The van der Waals surface area contributed by atoms with Crippen LogP contribution < -0.4 is 9.47 Å². The van der Waals surface area contributed by atoms with Crippen molar-refractivity contribution in [2.75, 3.05) is 13.2 Å². The van der Waals surface area contributed by atoms with Gasteiger partial charge in [-0.3, -0.25) is 4.79 Å². The van der Waals surface area contributed by atoms with E-state index in [4.69, 9.17) is 14.6 Å². The lowest BCUT2D eigenvalue weighted by molar-refractivity contribution is -0.138. The van der Waals surface area contributed by atoms with Crippen LogP contribution in [0.1, 0.15) is 18.4 Å². The Morgan fingerprint density at radius 3 is 2.81 bits per heavy atom. The zero-order valence-corrected chi connectivity index (χ0v) is 10.3. The smallest absolute Gasteiger partial charge is 0.310 e. The van der Waals surface area contributed by atoms with Gasteiger partial charge in [0, 0.05) is 0 Å². The van der Waals surface area contributed by atoms with Crippen LogP contribution in [0.4, 0.5) is 0 Å². The van der Waals surface area contributed by atoms with Gasteiger partial charge in [0.15, 0.2) is 11.5 Å². The van der Waals surface area contributed by atoms with Crippen molar-refractivity contribution in [1.82, 2.24) is 0 Å². The van der Waals surface area contributed by atoms with Gasteiger partial charge in [-0.25, -0.2) is 0 Å². The quantitative estimate of drug-likeness (QED) is 0.907. The summed E-state index contributed by atoms with van der Waals surface area (Å²) in [5, 5.41) is 8.94. The van der Waals surface area contributed by atoms with Gasteiger partial charge in [0.25, 0.3) is 0 Å². The molecule has 2 rings (SSSR count). The highest BCUT2D eigenvalue weighted by Crippen LogP contribution is 2.40. The van der Waals surface area contributed by atoms with Crippen LogP contribution in [0, 0.1) is 0 Å². The normalized spacial score (nSPS) is 15.6. The molecule has 1 heterocycles. The zero-order chi connectivity index (χ0) is 11.7. The number of carboxylic acid groups (broad SMARTS) is 1. The average molecular weight is 287 g/mol. The summed E-state index contributed by atoms with van der Waals surface area (Å²) < 4.78 is 11.6. The van der Waals surface area contributed by atoms with Gasteiger partial charge in [0.05, 0.1) is 10.4 Å². The summed E-state index contributed by atoms with van der Waals surface area (Å²) in [4.78, 5) is 10.9. The first kappa shape index (κ1) is 11.3. The molecule has 0 fully saturated rings. The van der Waals surface area contributed by atoms with Crippen molar-refractivity contribution in [2.45, 2.75) is 12.8 Å². The lowest BCUT2D eigenvalue weighted by Crippen LogP contribution is -2.16. The first-order valence-corrected chi connectivity index (χ1v) is 5.70. The molecule has 0 saturated carbocycles. The van der Waals surface area contributed by atoms with E-state index in [1.165, 1.54) is 0 Å². The Bertz CT molecular complexity index is 430. The molecule has 0 saturated heterocycles. The largest absolute Gasteiger partial charge is 0.486 e. The second kappa shape index (κ2) is 4.33. The molecule has 0 bridgehead atoms. The molecule has 1 unspecified atom stereocenters. The van der Waals surface area contributed by atoms with Gasteiger partial charge in [-0.15, -0.1) is 0 Å². The third kappa shape index (κ3) is 2.00. The summed E-state index contributed by atoms with van der Waals surface area (Å²) in [5.74, 6) is -0.174. The van der Waals surface area contributed by atoms with E-state index >= 15 is 0 Å². The maximum absolute atomic E-state index is 10.9. The van der Waals surface area contributed by atoms with Crippen molar-refractivity contribution in [3.63, 3.8) is 0 Å². The van der Waals surface area contributed by atoms with Crippen LogP contribution in [0.5, 0.6) is 11.5 Å². The molecule has 1 N–H and O–H groups in total. The van der Waals surface area contributed by atoms with Gasteiger partial charge in [0.1, 0.15) is 13.2 Å². The van der Waals surface area contributed by atoms with E-state index in [2.05, 4.69) is 15.9 Å². The number of hydrogen-bond acceptors (Lipinski definition) is 3. The van der Waals surface area contributed by atoms with Crippen LogP contribution >= 0.6 is 15.9 Å². The van der Waals surface area contributed by atoms with Crippen molar-refractivity contribution in [2.24, 2.45) is 0 Å². The number of carbonyl (C=O) groups is 1. The highest BCUT2D eigenvalue weighted by Gasteiger charge is 2.21. The molecular weight excluding hydrogens is 276 g/mol. The molecule has 16 heavy (non-hydrogen) atoms. The molecule has 1 aromatic carbocycles. The maximum Gasteiger partial charge on any atom is 0.310 e. The molecule has 1 aliphatic rings. The molecule has 0 radical (unpaired) electrons. The van der Waals surface area contributed by atoms with Crippen LogP contribution in [0.25, 0.3) is 0 Å².